The van der Waals surface area contributed by atoms with Crippen LogP contribution >= 0.6 is 0 Å². The van der Waals surface area contributed by atoms with E-state index in [1.54, 1.807) is 0 Å². The van der Waals surface area contributed by atoms with Crippen LogP contribution in [0.15, 0.2) is 4.99 Å². The first-order chi connectivity index (χ1) is 10.5. The lowest BCUT2D eigenvalue weighted by molar-refractivity contribution is -0.141. The first-order valence-electron chi connectivity index (χ1n) is 7.55. The van der Waals surface area contributed by atoms with E-state index in [4.69, 9.17) is 10.2 Å². The molecule has 0 aromatic carbocycles. The van der Waals surface area contributed by atoms with Crippen LogP contribution in [0, 0.1) is 5.92 Å². The third-order valence-electron chi connectivity index (χ3n) is 4.21. The molecule has 1 aliphatic heterocycles. The molecule has 1 amide bonds. The molecule has 2 rings (SSSR count). The molecule has 1 heterocycles. The molecule has 1 aliphatic carbocycles. The Hall–Kier alpha value is -1.96. The van der Waals surface area contributed by atoms with E-state index in [0.29, 0.717) is 13.0 Å². The average molecular weight is 311 g/mol. The molecule has 0 unspecified atom stereocenters. The Kier molecular flexibility index (Phi) is 5.48. The van der Waals surface area contributed by atoms with Crippen molar-refractivity contribution in [2.45, 2.75) is 50.6 Å². The summed E-state index contributed by atoms with van der Waals surface area (Å²) < 4.78 is 0. The maximum Gasteiger partial charge on any atom is 0.346 e. The van der Waals surface area contributed by atoms with Gasteiger partial charge < -0.3 is 10.2 Å². The van der Waals surface area contributed by atoms with Crippen LogP contribution in [0.3, 0.4) is 0 Å². The van der Waals surface area contributed by atoms with E-state index in [1.165, 1.54) is 5.01 Å². The highest BCUT2D eigenvalue weighted by Crippen LogP contribution is 2.29. The summed E-state index contributed by atoms with van der Waals surface area (Å²) in [4.78, 5) is 38.2. The van der Waals surface area contributed by atoms with E-state index in [0.717, 1.165) is 38.3 Å². The number of rotatable bonds is 5. The number of hydrazine groups is 1. The fourth-order valence-corrected chi connectivity index (χ4v) is 3.07. The van der Waals surface area contributed by atoms with Crippen molar-refractivity contribution in [1.29, 1.82) is 0 Å². The predicted molar refractivity (Wildman–Crippen MR) is 77.4 cm³/mol. The minimum Gasteiger partial charge on any atom is -0.480 e. The van der Waals surface area contributed by atoms with Crippen LogP contribution in [0.4, 0.5) is 0 Å². The van der Waals surface area contributed by atoms with Gasteiger partial charge in [-0.3, -0.25) is 19.6 Å². The molecule has 1 saturated heterocycles. The van der Waals surface area contributed by atoms with Gasteiger partial charge in [-0.2, -0.15) is 0 Å². The van der Waals surface area contributed by atoms with Crippen LogP contribution in [0.25, 0.3) is 0 Å². The monoisotopic (exact) mass is 311 g/mol. The van der Waals surface area contributed by atoms with Gasteiger partial charge in [0, 0.05) is 6.54 Å². The molecule has 22 heavy (non-hydrogen) atoms. The smallest absolute Gasteiger partial charge is 0.346 e. The van der Waals surface area contributed by atoms with Gasteiger partial charge in [-0.1, -0.05) is 19.3 Å². The number of nitrogens with one attached hydrogen (secondary N) is 1. The molecule has 0 radical (unpaired) electrons. The standard InChI is InChI=1S/C14H21N3O5/c18-11(19)8-15-12(9-4-2-1-3-5-9)13(20)17-7-6-10(16-17)14(21)22/h8-10,12,16H,1-7H2,(H,18,19)(H,21,22)/t10-,12-/m1/s1. The number of hydrogen-bond donors (Lipinski definition) is 3. The van der Waals surface area contributed by atoms with Crippen LogP contribution < -0.4 is 5.43 Å². The zero-order valence-electron chi connectivity index (χ0n) is 12.3. The number of aliphatic carboxylic acids is 2. The van der Waals surface area contributed by atoms with Gasteiger partial charge in [-0.15, -0.1) is 0 Å². The molecule has 0 aromatic heterocycles. The highest BCUT2D eigenvalue weighted by molar-refractivity contribution is 6.22. The minimum atomic E-state index is -1.19. The third-order valence-corrected chi connectivity index (χ3v) is 4.21. The second kappa shape index (κ2) is 7.35. The minimum absolute atomic E-state index is 0.0162. The first kappa shape index (κ1) is 16.4. The fourth-order valence-electron chi connectivity index (χ4n) is 3.07. The Balaban J connectivity index is 2.08. The summed E-state index contributed by atoms with van der Waals surface area (Å²) in [5.74, 6) is -2.51. The van der Waals surface area contributed by atoms with Crippen molar-refractivity contribution in [3.63, 3.8) is 0 Å². The van der Waals surface area contributed by atoms with E-state index in [9.17, 15) is 14.4 Å². The van der Waals surface area contributed by atoms with E-state index in [1.807, 2.05) is 0 Å². The molecular weight excluding hydrogens is 290 g/mol. The lowest BCUT2D eigenvalue weighted by Crippen LogP contribution is -2.48. The van der Waals surface area contributed by atoms with Gasteiger partial charge in [0.25, 0.3) is 5.91 Å². The van der Waals surface area contributed by atoms with E-state index in [2.05, 4.69) is 10.4 Å². The largest absolute Gasteiger partial charge is 0.480 e. The normalized spacial score (nSPS) is 24.5. The molecule has 2 aliphatic rings. The number of amides is 1. The Labute approximate surface area is 128 Å². The number of nitrogens with zero attached hydrogens (tertiary/aromatic N) is 2. The maximum atomic E-state index is 12.6. The summed E-state index contributed by atoms with van der Waals surface area (Å²) in [5, 5.41) is 19.0. The van der Waals surface area contributed by atoms with E-state index >= 15 is 0 Å². The Morgan fingerprint density at radius 2 is 1.82 bits per heavy atom. The number of carboxylic acids is 2. The molecule has 0 bridgehead atoms. The SMILES string of the molecule is O=C(O)C=N[C@@H](C(=O)N1CC[C@H](C(=O)O)N1)C1CCCCC1. The Morgan fingerprint density at radius 3 is 2.36 bits per heavy atom. The number of hydrogen-bond acceptors (Lipinski definition) is 5. The molecular formula is C14H21N3O5. The van der Waals surface area contributed by atoms with Crippen molar-refractivity contribution < 1.29 is 24.6 Å². The second-order valence-electron chi connectivity index (χ2n) is 5.76. The van der Waals surface area contributed by atoms with Crippen LogP contribution in [-0.2, 0) is 14.4 Å². The third kappa shape index (κ3) is 4.03. The molecule has 1 saturated carbocycles. The zero-order valence-corrected chi connectivity index (χ0v) is 12.3. The molecule has 2 atom stereocenters. The average Bonchev–Trinajstić information content (AvgIpc) is 2.98. The van der Waals surface area contributed by atoms with Gasteiger partial charge in [0.2, 0.25) is 0 Å². The summed E-state index contributed by atoms with van der Waals surface area (Å²) in [6, 6.07) is -1.53. The van der Waals surface area contributed by atoms with Crippen LogP contribution in [-0.4, -0.2) is 57.9 Å². The second-order valence-corrected chi connectivity index (χ2v) is 5.76. The summed E-state index contributed by atoms with van der Waals surface area (Å²) in [5.41, 5.74) is 2.66. The summed E-state index contributed by atoms with van der Waals surface area (Å²) >= 11 is 0. The Bertz CT molecular complexity index is 473. The molecule has 122 valence electrons. The fraction of sp³-hybridized carbons (Fsp3) is 0.714. The lowest BCUT2D eigenvalue weighted by atomic mass is 9.83. The van der Waals surface area contributed by atoms with Crippen molar-refractivity contribution in [2.75, 3.05) is 6.54 Å². The maximum absolute atomic E-state index is 12.6. The Morgan fingerprint density at radius 1 is 1.14 bits per heavy atom. The molecule has 8 heteroatoms. The molecule has 2 fully saturated rings. The summed E-state index contributed by atoms with van der Waals surface area (Å²) in [6.07, 6.45) is 5.89. The predicted octanol–water partition coefficient (Wildman–Crippen LogP) is 0.281. The molecule has 0 aromatic rings. The first-order valence-corrected chi connectivity index (χ1v) is 7.55. The quantitative estimate of drug-likeness (QED) is 0.627. The lowest BCUT2D eigenvalue weighted by Gasteiger charge is -2.29. The number of carboxylic acid groups (broad SMARTS) is 2. The van der Waals surface area contributed by atoms with Crippen LogP contribution in [0.2, 0.25) is 0 Å². The van der Waals surface area contributed by atoms with Crippen molar-refractivity contribution in [1.82, 2.24) is 10.4 Å². The van der Waals surface area contributed by atoms with Crippen molar-refractivity contribution in [2.24, 2.45) is 10.9 Å². The number of carbonyl (C=O) groups is 3. The number of carbonyl (C=O) groups excluding carboxylic acids is 1. The highest BCUT2D eigenvalue weighted by atomic mass is 16.4. The van der Waals surface area contributed by atoms with E-state index < -0.39 is 24.0 Å². The topological polar surface area (TPSA) is 119 Å². The van der Waals surface area contributed by atoms with Gasteiger partial charge >= 0.3 is 11.9 Å². The van der Waals surface area contributed by atoms with Gasteiger partial charge in [-0.05, 0) is 25.2 Å². The summed E-state index contributed by atoms with van der Waals surface area (Å²) in [6.45, 7) is 0.293. The van der Waals surface area contributed by atoms with Crippen molar-refractivity contribution in [3.05, 3.63) is 0 Å². The van der Waals surface area contributed by atoms with Crippen LogP contribution in [0.5, 0.6) is 0 Å². The summed E-state index contributed by atoms with van der Waals surface area (Å²) in [7, 11) is 0. The number of aliphatic imine (C=N–C) groups is 1. The van der Waals surface area contributed by atoms with Gasteiger partial charge in [0.1, 0.15) is 18.3 Å². The highest BCUT2D eigenvalue weighted by Gasteiger charge is 2.37. The molecule has 8 nitrogen and oxygen atoms in total. The van der Waals surface area contributed by atoms with E-state index in [-0.39, 0.29) is 11.8 Å². The van der Waals surface area contributed by atoms with Crippen LogP contribution in [0.1, 0.15) is 38.5 Å². The molecule has 0 spiro atoms. The van der Waals surface area contributed by atoms with Crippen molar-refractivity contribution >= 4 is 24.1 Å². The zero-order chi connectivity index (χ0) is 16.1. The molecule has 3 N–H and O–H groups in total. The van der Waals surface area contributed by atoms with Crippen molar-refractivity contribution in [3.8, 4) is 0 Å². The van der Waals surface area contributed by atoms with Gasteiger partial charge in [-0.25, -0.2) is 10.2 Å². The van der Waals surface area contributed by atoms with Gasteiger partial charge in [0.15, 0.2) is 0 Å². The van der Waals surface area contributed by atoms with Gasteiger partial charge in [0.05, 0.1) is 0 Å².